The summed E-state index contributed by atoms with van der Waals surface area (Å²) >= 11 is 0. The van der Waals surface area contributed by atoms with Crippen LogP contribution in [0.25, 0.3) is 5.53 Å². The highest BCUT2D eigenvalue weighted by molar-refractivity contribution is 6.65. The van der Waals surface area contributed by atoms with Crippen molar-refractivity contribution in [2.75, 3.05) is 6.61 Å². The van der Waals surface area contributed by atoms with Crippen molar-refractivity contribution in [3.63, 3.8) is 0 Å². The fourth-order valence-corrected chi connectivity index (χ4v) is 0.478. The largest absolute Gasteiger partial charge is 0.448 e. The second-order valence-electron chi connectivity index (χ2n) is 1.45. The van der Waals surface area contributed by atoms with Gasteiger partial charge in [-0.25, -0.2) is 4.79 Å². The van der Waals surface area contributed by atoms with Crippen LogP contribution in [0.2, 0.25) is 0 Å². The summed E-state index contributed by atoms with van der Waals surface area (Å²) in [6.07, 6.45) is 0. The number of carbonyl (C=O) groups is 2. The minimum atomic E-state index is -0.859. The minimum absolute atomic E-state index is 0.307. The summed E-state index contributed by atoms with van der Waals surface area (Å²) in [6, 6.07) is 0. The van der Waals surface area contributed by atoms with Crippen molar-refractivity contribution in [2.24, 2.45) is 0 Å². The molecule has 0 radical (unpaired) electrons. The summed E-state index contributed by atoms with van der Waals surface area (Å²) in [7, 11) is 0. The molecule has 1 aliphatic rings. The Kier molecular flexibility index (Phi) is 1.13. The Hall–Kier alpha value is -1.48. The second kappa shape index (κ2) is 1.80. The Morgan fingerprint density at radius 3 is 2.44 bits per heavy atom. The number of esters is 1. The molecule has 46 valence electrons. The van der Waals surface area contributed by atoms with Crippen LogP contribution >= 0.6 is 0 Å². The van der Waals surface area contributed by atoms with Crippen molar-refractivity contribution in [3.8, 4) is 0 Å². The van der Waals surface area contributed by atoms with Crippen molar-refractivity contribution < 1.29 is 19.1 Å². The molecule has 0 aromatic rings. The van der Waals surface area contributed by atoms with Crippen LogP contribution in [-0.4, -0.2) is 28.9 Å². The molecule has 0 N–H and O–H groups in total. The van der Waals surface area contributed by atoms with Gasteiger partial charge in [0.2, 0.25) is 0 Å². The number of cyclic esters (lactones) is 1. The number of ether oxygens (including phenoxy) is 1. The molecular weight excluding hydrogens is 124 g/mol. The van der Waals surface area contributed by atoms with Gasteiger partial charge in [0.25, 0.3) is 5.78 Å². The van der Waals surface area contributed by atoms with Gasteiger partial charge < -0.3 is 10.3 Å². The van der Waals surface area contributed by atoms with Gasteiger partial charge in [-0.3, -0.25) is 4.79 Å². The van der Waals surface area contributed by atoms with Gasteiger partial charge in [-0.05, 0) is 0 Å². The van der Waals surface area contributed by atoms with Gasteiger partial charge in [-0.2, -0.15) is 4.79 Å². The Morgan fingerprint density at radius 2 is 2.22 bits per heavy atom. The lowest BCUT2D eigenvalue weighted by molar-refractivity contribution is -0.136. The van der Waals surface area contributed by atoms with Gasteiger partial charge in [0, 0.05) is 0 Å². The number of hydrogen-bond donors (Lipinski definition) is 0. The van der Waals surface area contributed by atoms with Crippen LogP contribution in [0.15, 0.2) is 0 Å². The predicted octanol–water partition coefficient (Wildman–Crippen LogP) is -1.22. The second-order valence-corrected chi connectivity index (χ2v) is 1.45. The van der Waals surface area contributed by atoms with Crippen LogP contribution in [0.3, 0.4) is 0 Å². The number of ketones is 1. The molecule has 1 heterocycles. The number of rotatable bonds is 0. The highest BCUT2D eigenvalue weighted by Gasteiger charge is 2.38. The zero-order chi connectivity index (χ0) is 6.85. The van der Waals surface area contributed by atoms with E-state index >= 15 is 0 Å². The molecule has 0 atom stereocenters. The molecular formula is C4H2N2O3. The zero-order valence-electron chi connectivity index (χ0n) is 4.33. The fourth-order valence-electron chi connectivity index (χ4n) is 0.478. The van der Waals surface area contributed by atoms with Gasteiger partial charge in [0.1, 0.15) is 0 Å². The van der Waals surface area contributed by atoms with Gasteiger partial charge >= 0.3 is 11.7 Å². The highest BCUT2D eigenvalue weighted by atomic mass is 16.5. The first-order chi connectivity index (χ1) is 4.25. The number of carbonyl (C=O) groups excluding carboxylic acids is 2. The van der Waals surface area contributed by atoms with E-state index in [4.69, 9.17) is 5.53 Å². The van der Waals surface area contributed by atoms with Crippen LogP contribution in [0.5, 0.6) is 0 Å². The molecule has 0 aliphatic carbocycles. The molecule has 5 nitrogen and oxygen atoms in total. The average Bonchev–Trinajstić information content (AvgIpc) is 2.12. The fraction of sp³-hybridized carbons (Fsp3) is 0.250. The smallest absolute Gasteiger partial charge is 0.445 e. The third-order valence-electron chi connectivity index (χ3n) is 0.892. The first-order valence-corrected chi connectivity index (χ1v) is 2.18. The van der Waals surface area contributed by atoms with Gasteiger partial charge in [0.05, 0.1) is 0 Å². The normalized spacial score (nSPS) is 17.6. The number of Topliss-reactive ketones (excluding diaryl/α,β-unsaturated/α-hetero) is 1. The molecule has 1 saturated heterocycles. The summed E-state index contributed by atoms with van der Waals surface area (Å²) in [5.41, 5.74) is 7.45. The first kappa shape index (κ1) is 5.65. The van der Waals surface area contributed by atoms with E-state index in [2.05, 4.69) is 9.53 Å². The zero-order valence-corrected chi connectivity index (χ0v) is 4.33. The van der Waals surface area contributed by atoms with Crippen molar-refractivity contribution in [2.45, 2.75) is 0 Å². The third-order valence-corrected chi connectivity index (χ3v) is 0.892. The van der Waals surface area contributed by atoms with E-state index < -0.39 is 17.5 Å². The maximum atomic E-state index is 10.4. The molecule has 0 aromatic carbocycles. The number of nitrogens with zero attached hydrogens (tertiary/aromatic N) is 2. The quantitative estimate of drug-likeness (QED) is 0.232. The van der Waals surface area contributed by atoms with E-state index in [1.807, 2.05) is 0 Å². The third kappa shape index (κ3) is 0.729. The summed E-state index contributed by atoms with van der Waals surface area (Å²) in [5.74, 6) is -1.44. The van der Waals surface area contributed by atoms with Gasteiger partial charge in [0.15, 0.2) is 6.61 Å². The van der Waals surface area contributed by atoms with Crippen LogP contribution in [0, 0.1) is 0 Å². The summed E-state index contributed by atoms with van der Waals surface area (Å²) in [6.45, 7) is -0.307. The van der Waals surface area contributed by atoms with Crippen molar-refractivity contribution >= 4 is 17.5 Å². The van der Waals surface area contributed by atoms with E-state index in [0.717, 1.165) is 0 Å². The molecule has 0 amide bonds. The Bertz CT molecular complexity index is 208. The van der Waals surface area contributed by atoms with Crippen molar-refractivity contribution in [1.29, 1.82) is 0 Å². The summed E-state index contributed by atoms with van der Waals surface area (Å²) in [4.78, 5) is 23.1. The molecule has 0 spiro atoms. The topological polar surface area (TPSA) is 79.8 Å². The lowest BCUT2D eigenvalue weighted by Gasteiger charge is -1.76. The average molecular weight is 126 g/mol. The Labute approximate surface area is 49.8 Å². The summed E-state index contributed by atoms with van der Waals surface area (Å²) < 4.78 is 4.19. The lowest BCUT2D eigenvalue weighted by Crippen LogP contribution is -2.15. The van der Waals surface area contributed by atoms with E-state index in [9.17, 15) is 9.59 Å². The monoisotopic (exact) mass is 126 g/mol. The molecule has 1 fully saturated rings. The van der Waals surface area contributed by atoms with Crippen molar-refractivity contribution in [3.05, 3.63) is 5.53 Å². The molecule has 0 aromatic heterocycles. The molecule has 0 unspecified atom stereocenters. The van der Waals surface area contributed by atoms with Crippen LogP contribution in [-0.2, 0) is 14.3 Å². The molecule has 9 heavy (non-hydrogen) atoms. The minimum Gasteiger partial charge on any atom is -0.448 e. The standard InChI is InChI=1S/C4H2N2O3/c5-6-3-2(7)1-9-4(3)8/h1H2. The maximum absolute atomic E-state index is 10.4. The lowest BCUT2D eigenvalue weighted by atomic mass is 10.3. The van der Waals surface area contributed by atoms with Crippen LogP contribution in [0.1, 0.15) is 0 Å². The summed E-state index contributed by atoms with van der Waals surface area (Å²) in [5, 5.41) is 0. The maximum Gasteiger partial charge on any atom is 0.445 e. The van der Waals surface area contributed by atoms with Crippen molar-refractivity contribution in [1.82, 2.24) is 0 Å². The van der Waals surface area contributed by atoms with E-state index in [1.54, 1.807) is 0 Å². The van der Waals surface area contributed by atoms with Gasteiger partial charge in [-0.1, -0.05) is 0 Å². The molecule has 1 aliphatic heterocycles. The SMILES string of the molecule is [N-]=[N+]=C1C(=O)COC1=O. The van der Waals surface area contributed by atoms with Gasteiger partial charge in [-0.15, -0.1) is 0 Å². The Morgan fingerprint density at radius 1 is 1.56 bits per heavy atom. The van der Waals surface area contributed by atoms with Crippen LogP contribution in [0.4, 0.5) is 0 Å². The number of hydrogen-bond acceptors (Lipinski definition) is 3. The molecule has 5 heteroatoms. The Balaban J connectivity index is 3.05. The van der Waals surface area contributed by atoms with E-state index in [1.165, 1.54) is 0 Å². The van der Waals surface area contributed by atoms with Crippen LogP contribution < -0.4 is 0 Å². The highest BCUT2D eigenvalue weighted by Crippen LogP contribution is 1.93. The predicted molar refractivity (Wildman–Crippen MR) is 24.6 cm³/mol. The molecule has 0 saturated carbocycles. The van der Waals surface area contributed by atoms with E-state index in [0.29, 0.717) is 0 Å². The molecule has 1 rings (SSSR count). The molecule has 0 bridgehead atoms. The first-order valence-electron chi connectivity index (χ1n) is 2.18. The van der Waals surface area contributed by atoms with E-state index in [-0.39, 0.29) is 6.61 Å².